The Morgan fingerprint density at radius 2 is 2.15 bits per heavy atom. The molecular weight excluding hydrogens is 348 g/mol. The number of carboxylic acid groups (broad SMARTS) is 1. The molecule has 4 rings (SSSR count). The highest BCUT2D eigenvalue weighted by atomic mass is 16.5. The topological polar surface area (TPSA) is 136 Å². The summed E-state index contributed by atoms with van der Waals surface area (Å²) in [6.45, 7) is 0.899. The van der Waals surface area contributed by atoms with Crippen LogP contribution in [0.5, 0.6) is 5.75 Å². The standard InChI is InChI=1S/C18H16N6O3/c19-18-20-6-4-13(24-18)12-9-22-16(11-5-7-27-15(11)12)21-8-10-2-1-3-14(23-10)17(25)26/h1-4,6,9H,5,7-8H2,(H,21,22)(H,25,26)(H2,19,20,24). The number of fused-ring (bicyclic) bond motifs is 1. The zero-order valence-electron chi connectivity index (χ0n) is 14.2. The van der Waals surface area contributed by atoms with Crippen molar-refractivity contribution in [3.8, 4) is 17.0 Å². The zero-order valence-corrected chi connectivity index (χ0v) is 14.2. The molecule has 0 fully saturated rings. The number of carbonyl (C=O) groups is 1. The first-order valence-corrected chi connectivity index (χ1v) is 8.28. The molecule has 0 aromatic carbocycles. The lowest BCUT2D eigenvalue weighted by Crippen LogP contribution is -2.08. The van der Waals surface area contributed by atoms with Crippen molar-refractivity contribution in [3.05, 3.63) is 53.6 Å². The van der Waals surface area contributed by atoms with E-state index in [-0.39, 0.29) is 11.6 Å². The molecule has 0 saturated heterocycles. The van der Waals surface area contributed by atoms with Crippen LogP contribution in [0.2, 0.25) is 0 Å². The van der Waals surface area contributed by atoms with Gasteiger partial charge in [0.25, 0.3) is 0 Å². The van der Waals surface area contributed by atoms with E-state index in [1.165, 1.54) is 6.07 Å². The second kappa shape index (κ2) is 6.87. The molecular formula is C18H16N6O3. The summed E-state index contributed by atoms with van der Waals surface area (Å²) in [5, 5.41) is 12.3. The minimum absolute atomic E-state index is 0.00696. The van der Waals surface area contributed by atoms with E-state index in [1.807, 2.05) is 0 Å². The minimum Gasteiger partial charge on any atom is -0.492 e. The molecule has 0 unspecified atom stereocenters. The maximum atomic E-state index is 11.0. The monoisotopic (exact) mass is 364 g/mol. The third kappa shape index (κ3) is 3.34. The first-order valence-electron chi connectivity index (χ1n) is 8.28. The molecule has 4 heterocycles. The maximum Gasteiger partial charge on any atom is 0.354 e. The van der Waals surface area contributed by atoms with Gasteiger partial charge in [-0.25, -0.2) is 24.7 Å². The van der Waals surface area contributed by atoms with Gasteiger partial charge in [-0.05, 0) is 18.2 Å². The smallest absolute Gasteiger partial charge is 0.354 e. The Bertz CT molecular complexity index is 1020. The van der Waals surface area contributed by atoms with Crippen LogP contribution in [0.25, 0.3) is 11.3 Å². The van der Waals surface area contributed by atoms with Gasteiger partial charge in [0.2, 0.25) is 5.95 Å². The highest BCUT2D eigenvalue weighted by Gasteiger charge is 2.23. The fraction of sp³-hybridized carbons (Fsp3) is 0.167. The van der Waals surface area contributed by atoms with E-state index < -0.39 is 5.97 Å². The van der Waals surface area contributed by atoms with Gasteiger partial charge in [-0.2, -0.15) is 0 Å². The molecule has 0 saturated carbocycles. The number of nitrogens with one attached hydrogen (secondary N) is 1. The lowest BCUT2D eigenvalue weighted by Gasteiger charge is -2.12. The van der Waals surface area contributed by atoms with Crippen molar-refractivity contribution < 1.29 is 14.6 Å². The van der Waals surface area contributed by atoms with Crippen LogP contribution in [0.4, 0.5) is 11.8 Å². The van der Waals surface area contributed by atoms with Crippen LogP contribution in [-0.2, 0) is 13.0 Å². The van der Waals surface area contributed by atoms with Gasteiger partial charge in [0.15, 0.2) is 0 Å². The Morgan fingerprint density at radius 3 is 2.96 bits per heavy atom. The van der Waals surface area contributed by atoms with Crippen molar-refractivity contribution in [2.45, 2.75) is 13.0 Å². The lowest BCUT2D eigenvalue weighted by atomic mass is 10.1. The summed E-state index contributed by atoms with van der Waals surface area (Å²) < 4.78 is 5.79. The molecule has 136 valence electrons. The average molecular weight is 364 g/mol. The second-order valence-corrected chi connectivity index (χ2v) is 5.90. The van der Waals surface area contributed by atoms with E-state index in [2.05, 4.69) is 25.3 Å². The number of aromatic nitrogens is 4. The molecule has 0 amide bonds. The Morgan fingerprint density at radius 1 is 1.26 bits per heavy atom. The van der Waals surface area contributed by atoms with Gasteiger partial charge < -0.3 is 20.9 Å². The third-order valence-corrected chi connectivity index (χ3v) is 4.14. The first kappa shape index (κ1) is 16.7. The normalized spacial score (nSPS) is 12.3. The molecule has 3 aromatic rings. The predicted octanol–water partition coefficient (Wildman–Crippen LogP) is 1.76. The maximum absolute atomic E-state index is 11.0. The molecule has 0 radical (unpaired) electrons. The van der Waals surface area contributed by atoms with Gasteiger partial charge in [-0.3, -0.25) is 0 Å². The number of pyridine rings is 2. The molecule has 4 N–H and O–H groups in total. The molecule has 1 aliphatic rings. The number of ether oxygens (including phenoxy) is 1. The van der Waals surface area contributed by atoms with Crippen LogP contribution in [0, 0.1) is 0 Å². The molecule has 27 heavy (non-hydrogen) atoms. The Kier molecular flexibility index (Phi) is 4.25. The quantitative estimate of drug-likeness (QED) is 0.618. The summed E-state index contributed by atoms with van der Waals surface area (Å²) in [5.74, 6) is 0.525. The number of hydrogen-bond donors (Lipinski definition) is 3. The summed E-state index contributed by atoms with van der Waals surface area (Å²) in [5.41, 5.74) is 8.64. The van der Waals surface area contributed by atoms with Crippen molar-refractivity contribution in [2.75, 3.05) is 17.7 Å². The van der Waals surface area contributed by atoms with Crippen molar-refractivity contribution >= 4 is 17.7 Å². The van der Waals surface area contributed by atoms with Crippen molar-refractivity contribution in [3.63, 3.8) is 0 Å². The molecule has 9 heteroatoms. The number of nitrogen functional groups attached to an aromatic ring is 1. The second-order valence-electron chi connectivity index (χ2n) is 5.90. The third-order valence-electron chi connectivity index (χ3n) is 4.14. The summed E-state index contributed by atoms with van der Waals surface area (Å²) in [6, 6.07) is 6.63. The van der Waals surface area contributed by atoms with Gasteiger partial charge in [-0.15, -0.1) is 0 Å². The predicted molar refractivity (Wildman–Crippen MR) is 97.4 cm³/mol. The number of anilines is 2. The first-order chi connectivity index (χ1) is 13.1. The molecule has 1 aliphatic heterocycles. The summed E-state index contributed by atoms with van der Waals surface area (Å²) in [6.07, 6.45) is 3.98. The number of rotatable bonds is 5. The number of carboxylic acids is 1. The Balaban J connectivity index is 1.61. The van der Waals surface area contributed by atoms with E-state index in [0.29, 0.717) is 36.8 Å². The molecule has 0 spiro atoms. The van der Waals surface area contributed by atoms with E-state index in [0.717, 1.165) is 16.9 Å². The van der Waals surface area contributed by atoms with E-state index in [1.54, 1.807) is 30.6 Å². The zero-order chi connectivity index (χ0) is 18.8. The highest BCUT2D eigenvalue weighted by Crippen LogP contribution is 2.39. The molecule has 0 aliphatic carbocycles. The number of hydrogen-bond acceptors (Lipinski definition) is 8. The Hall–Kier alpha value is -3.75. The van der Waals surface area contributed by atoms with Crippen LogP contribution >= 0.6 is 0 Å². The number of nitrogens with zero attached hydrogens (tertiary/aromatic N) is 4. The Labute approximate surface area is 154 Å². The van der Waals surface area contributed by atoms with Gasteiger partial charge in [0.1, 0.15) is 17.3 Å². The fourth-order valence-electron chi connectivity index (χ4n) is 2.92. The number of aromatic carboxylic acids is 1. The van der Waals surface area contributed by atoms with Crippen LogP contribution < -0.4 is 15.8 Å². The van der Waals surface area contributed by atoms with Gasteiger partial charge in [-0.1, -0.05) is 6.07 Å². The highest BCUT2D eigenvalue weighted by molar-refractivity contribution is 5.85. The van der Waals surface area contributed by atoms with Crippen molar-refractivity contribution in [2.24, 2.45) is 0 Å². The van der Waals surface area contributed by atoms with Crippen LogP contribution in [0.15, 0.2) is 36.7 Å². The van der Waals surface area contributed by atoms with Crippen molar-refractivity contribution in [1.29, 1.82) is 0 Å². The average Bonchev–Trinajstić information content (AvgIpc) is 3.16. The van der Waals surface area contributed by atoms with Gasteiger partial charge in [0, 0.05) is 24.4 Å². The molecule has 9 nitrogen and oxygen atoms in total. The van der Waals surface area contributed by atoms with Crippen LogP contribution in [0.1, 0.15) is 21.7 Å². The van der Waals surface area contributed by atoms with Gasteiger partial charge in [0.05, 0.1) is 30.1 Å². The minimum atomic E-state index is -1.06. The summed E-state index contributed by atoms with van der Waals surface area (Å²) in [4.78, 5) is 27.8. The van der Waals surface area contributed by atoms with Crippen molar-refractivity contribution in [1.82, 2.24) is 19.9 Å². The molecule has 3 aromatic heterocycles. The SMILES string of the molecule is Nc1nccc(-c2cnc(NCc3cccc(C(=O)O)n3)c3c2OCC3)n1. The summed E-state index contributed by atoms with van der Waals surface area (Å²) in [7, 11) is 0. The summed E-state index contributed by atoms with van der Waals surface area (Å²) >= 11 is 0. The van der Waals surface area contributed by atoms with E-state index in [4.69, 9.17) is 15.6 Å². The number of nitrogens with two attached hydrogens (primary N) is 1. The van der Waals surface area contributed by atoms with Crippen LogP contribution in [-0.4, -0.2) is 37.6 Å². The van der Waals surface area contributed by atoms with Gasteiger partial charge >= 0.3 is 5.97 Å². The lowest BCUT2D eigenvalue weighted by molar-refractivity contribution is 0.0690. The molecule has 0 bridgehead atoms. The molecule has 0 atom stereocenters. The van der Waals surface area contributed by atoms with E-state index in [9.17, 15) is 4.79 Å². The fourth-order valence-corrected chi connectivity index (χ4v) is 2.92. The van der Waals surface area contributed by atoms with Crippen LogP contribution in [0.3, 0.4) is 0 Å². The largest absolute Gasteiger partial charge is 0.492 e. The van der Waals surface area contributed by atoms with E-state index >= 15 is 0 Å².